The maximum Gasteiger partial charge on any atom is 0.0863 e. The number of nitrogens with one attached hydrogen (secondary N) is 1. The summed E-state index contributed by atoms with van der Waals surface area (Å²) in [6, 6.07) is 0.397. The number of hydrogen-bond donors (Lipinski definition) is 1. The molecule has 3 nitrogen and oxygen atoms in total. The highest BCUT2D eigenvalue weighted by molar-refractivity contribution is 6.31. The average Bonchev–Trinajstić information content (AvgIpc) is 2.63. The number of alkyl halides is 1. The Balaban J connectivity index is 2.72. The molecule has 0 bridgehead atoms. The molecule has 0 aromatic carbocycles. The van der Waals surface area contributed by atoms with Crippen molar-refractivity contribution in [2.45, 2.75) is 52.7 Å². The summed E-state index contributed by atoms with van der Waals surface area (Å²) in [4.78, 5) is 0. The second kappa shape index (κ2) is 7.24. The summed E-state index contributed by atoms with van der Waals surface area (Å²) in [6.07, 6.45) is 1.83. The fourth-order valence-corrected chi connectivity index (χ4v) is 2.39. The number of hydrogen-bond acceptors (Lipinski definition) is 2. The van der Waals surface area contributed by atoms with E-state index in [1.54, 1.807) is 0 Å². The molecule has 1 heterocycles. The van der Waals surface area contributed by atoms with Crippen molar-refractivity contribution in [3.63, 3.8) is 0 Å². The van der Waals surface area contributed by atoms with Gasteiger partial charge in [-0.3, -0.25) is 4.68 Å². The third-order valence-electron chi connectivity index (χ3n) is 2.85. The Morgan fingerprint density at radius 3 is 2.65 bits per heavy atom. The zero-order valence-electron chi connectivity index (χ0n) is 10.8. The van der Waals surface area contributed by atoms with E-state index in [-0.39, 0.29) is 0 Å². The van der Waals surface area contributed by atoms with Gasteiger partial charge in [-0.2, -0.15) is 5.10 Å². The number of rotatable bonds is 7. The van der Waals surface area contributed by atoms with Crippen molar-refractivity contribution < 1.29 is 0 Å². The molecule has 1 rings (SSSR count). The Hall–Kier alpha value is -0.250. The minimum atomic E-state index is 0.397. The van der Waals surface area contributed by atoms with Gasteiger partial charge in [-0.25, -0.2) is 0 Å². The van der Waals surface area contributed by atoms with Crippen LogP contribution in [0, 0.1) is 0 Å². The molecule has 1 atom stereocenters. The lowest BCUT2D eigenvalue weighted by Crippen LogP contribution is -2.27. The molecular formula is C12H21Cl2N3. The lowest BCUT2D eigenvalue weighted by molar-refractivity contribution is 0.507. The van der Waals surface area contributed by atoms with Crippen LogP contribution in [-0.2, 0) is 19.5 Å². The van der Waals surface area contributed by atoms with Gasteiger partial charge < -0.3 is 5.32 Å². The zero-order chi connectivity index (χ0) is 12.8. The first-order valence-corrected chi connectivity index (χ1v) is 7.08. The van der Waals surface area contributed by atoms with E-state index >= 15 is 0 Å². The second-order valence-corrected chi connectivity index (χ2v) is 4.89. The van der Waals surface area contributed by atoms with Crippen molar-refractivity contribution in [2.24, 2.45) is 0 Å². The summed E-state index contributed by atoms with van der Waals surface area (Å²) in [5, 5.41) is 8.72. The van der Waals surface area contributed by atoms with E-state index in [9.17, 15) is 0 Å². The molecule has 0 aliphatic heterocycles. The van der Waals surface area contributed by atoms with Crippen molar-refractivity contribution in [1.82, 2.24) is 15.1 Å². The van der Waals surface area contributed by atoms with Crippen LogP contribution in [0.4, 0.5) is 0 Å². The topological polar surface area (TPSA) is 29.9 Å². The fourth-order valence-electron chi connectivity index (χ4n) is 1.72. The zero-order valence-corrected chi connectivity index (χ0v) is 12.3. The van der Waals surface area contributed by atoms with Crippen LogP contribution in [0.1, 0.15) is 38.6 Å². The number of aryl methyl sites for hydroxylation is 2. The standard InChI is InChI=1S/C12H21Cl2N3/c1-4-10-12(14)11(17(5-2)16-10)8-15-9(3)6-7-13/h9,15H,4-8H2,1-3H3. The summed E-state index contributed by atoms with van der Waals surface area (Å²) in [6.45, 7) is 7.87. The highest BCUT2D eigenvalue weighted by Crippen LogP contribution is 2.21. The minimum absolute atomic E-state index is 0.397. The van der Waals surface area contributed by atoms with E-state index in [1.807, 2.05) is 4.68 Å². The smallest absolute Gasteiger partial charge is 0.0863 e. The Morgan fingerprint density at radius 1 is 1.41 bits per heavy atom. The molecule has 1 unspecified atom stereocenters. The van der Waals surface area contributed by atoms with Gasteiger partial charge in [0.25, 0.3) is 0 Å². The highest BCUT2D eigenvalue weighted by Gasteiger charge is 2.14. The summed E-state index contributed by atoms with van der Waals surface area (Å²) in [5.74, 6) is 0.676. The van der Waals surface area contributed by atoms with E-state index in [0.29, 0.717) is 11.9 Å². The molecule has 0 amide bonds. The van der Waals surface area contributed by atoms with E-state index < -0.39 is 0 Å². The van der Waals surface area contributed by atoms with Gasteiger partial charge in [0.15, 0.2) is 0 Å². The second-order valence-electron chi connectivity index (χ2n) is 4.14. The molecule has 0 spiro atoms. The Labute approximate surface area is 113 Å². The molecule has 0 aliphatic rings. The van der Waals surface area contributed by atoms with Crippen molar-refractivity contribution in [3.05, 3.63) is 16.4 Å². The number of halogens is 2. The van der Waals surface area contributed by atoms with Crippen LogP contribution in [-0.4, -0.2) is 21.7 Å². The number of aromatic nitrogens is 2. The van der Waals surface area contributed by atoms with Crippen LogP contribution in [0.2, 0.25) is 5.02 Å². The van der Waals surface area contributed by atoms with Gasteiger partial charge in [0.2, 0.25) is 0 Å². The average molecular weight is 278 g/mol. The van der Waals surface area contributed by atoms with Gasteiger partial charge in [-0.05, 0) is 26.7 Å². The van der Waals surface area contributed by atoms with Gasteiger partial charge >= 0.3 is 0 Å². The maximum absolute atomic E-state index is 6.32. The Morgan fingerprint density at radius 2 is 2.12 bits per heavy atom. The third-order valence-corrected chi connectivity index (χ3v) is 3.51. The van der Waals surface area contributed by atoms with Crippen molar-refractivity contribution >= 4 is 23.2 Å². The van der Waals surface area contributed by atoms with E-state index in [2.05, 4.69) is 31.2 Å². The molecule has 1 N–H and O–H groups in total. The van der Waals surface area contributed by atoms with Gasteiger partial charge in [-0.1, -0.05) is 18.5 Å². The molecular weight excluding hydrogens is 257 g/mol. The Bertz CT molecular complexity index is 350. The van der Waals surface area contributed by atoms with E-state index in [0.717, 1.165) is 42.3 Å². The molecule has 0 saturated heterocycles. The lowest BCUT2D eigenvalue weighted by Gasteiger charge is -2.13. The predicted octanol–water partition coefficient (Wildman–Crippen LogP) is 3.23. The fraction of sp³-hybridized carbons (Fsp3) is 0.750. The first-order valence-electron chi connectivity index (χ1n) is 6.17. The SMILES string of the molecule is CCc1nn(CC)c(CNC(C)CCCl)c1Cl. The van der Waals surface area contributed by atoms with Crippen molar-refractivity contribution in [2.75, 3.05) is 5.88 Å². The van der Waals surface area contributed by atoms with Gasteiger partial charge in [0.05, 0.1) is 16.4 Å². The van der Waals surface area contributed by atoms with Crippen molar-refractivity contribution in [1.29, 1.82) is 0 Å². The van der Waals surface area contributed by atoms with Crippen LogP contribution < -0.4 is 5.32 Å². The van der Waals surface area contributed by atoms with Gasteiger partial charge in [0.1, 0.15) is 0 Å². The van der Waals surface area contributed by atoms with Crippen LogP contribution in [0.25, 0.3) is 0 Å². The molecule has 0 saturated carbocycles. The van der Waals surface area contributed by atoms with Gasteiger partial charge in [0, 0.05) is 25.0 Å². The first-order chi connectivity index (χ1) is 8.13. The number of nitrogens with zero attached hydrogens (tertiary/aromatic N) is 2. The largest absolute Gasteiger partial charge is 0.309 e. The molecule has 5 heteroatoms. The summed E-state index contributed by atoms with van der Waals surface area (Å²) >= 11 is 12.0. The van der Waals surface area contributed by atoms with E-state index in [4.69, 9.17) is 23.2 Å². The lowest BCUT2D eigenvalue weighted by atomic mass is 10.2. The molecule has 0 aliphatic carbocycles. The first kappa shape index (κ1) is 14.8. The van der Waals surface area contributed by atoms with E-state index in [1.165, 1.54) is 0 Å². The quantitative estimate of drug-likeness (QED) is 0.776. The monoisotopic (exact) mass is 277 g/mol. The van der Waals surface area contributed by atoms with Gasteiger partial charge in [-0.15, -0.1) is 11.6 Å². The Kier molecular flexibility index (Phi) is 6.31. The minimum Gasteiger partial charge on any atom is -0.309 e. The summed E-state index contributed by atoms with van der Waals surface area (Å²) in [7, 11) is 0. The molecule has 0 fully saturated rings. The predicted molar refractivity (Wildman–Crippen MR) is 73.9 cm³/mol. The summed E-state index contributed by atoms with van der Waals surface area (Å²) < 4.78 is 1.97. The molecule has 1 aromatic heterocycles. The van der Waals surface area contributed by atoms with Crippen molar-refractivity contribution in [3.8, 4) is 0 Å². The normalized spacial score (nSPS) is 13.0. The summed E-state index contributed by atoms with van der Waals surface area (Å²) in [5.41, 5.74) is 2.06. The molecule has 1 aromatic rings. The highest BCUT2D eigenvalue weighted by atomic mass is 35.5. The van der Waals surface area contributed by atoms with Crippen LogP contribution in [0.15, 0.2) is 0 Å². The maximum atomic E-state index is 6.32. The third kappa shape index (κ3) is 3.87. The van der Waals surface area contributed by atoms with Crippen LogP contribution in [0.5, 0.6) is 0 Å². The molecule has 0 radical (unpaired) electrons. The molecule has 98 valence electrons. The van der Waals surface area contributed by atoms with Crippen LogP contribution in [0.3, 0.4) is 0 Å². The van der Waals surface area contributed by atoms with Crippen LogP contribution >= 0.6 is 23.2 Å². The molecule has 17 heavy (non-hydrogen) atoms.